The van der Waals surface area contributed by atoms with Crippen LogP contribution in [0.5, 0.6) is 0 Å². The Morgan fingerprint density at radius 3 is 2.43 bits per heavy atom. The predicted octanol–water partition coefficient (Wildman–Crippen LogP) is 3.05. The molecule has 1 fully saturated rings. The largest absolute Gasteiger partial charge is 0.375 e. The average Bonchev–Trinajstić information content (AvgIpc) is 2.54. The molecule has 0 radical (unpaired) electrons. The Morgan fingerprint density at radius 1 is 1.22 bits per heavy atom. The van der Waals surface area contributed by atoms with Crippen LogP contribution in [0.15, 0.2) is 24.3 Å². The molecule has 1 aromatic carbocycles. The number of ketones is 1. The fourth-order valence-electron chi connectivity index (χ4n) is 3.00. The third-order valence-electron chi connectivity index (χ3n) is 4.45. The van der Waals surface area contributed by atoms with Crippen LogP contribution in [-0.2, 0) is 14.9 Å². The second-order valence-corrected chi connectivity index (χ2v) is 7.30. The summed E-state index contributed by atoms with van der Waals surface area (Å²) in [5.41, 5.74) is 2.04. The molecule has 0 bridgehead atoms. The maximum atomic E-state index is 12.7. The summed E-state index contributed by atoms with van der Waals surface area (Å²) in [6.45, 7) is 7.77. The summed E-state index contributed by atoms with van der Waals surface area (Å²) in [6.07, 6.45) is 1.71. The van der Waals surface area contributed by atoms with Crippen LogP contribution < -0.4 is 0 Å². The van der Waals surface area contributed by atoms with Gasteiger partial charge in [-0.05, 0) is 23.8 Å². The Morgan fingerprint density at radius 2 is 1.87 bits per heavy atom. The second kappa shape index (κ2) is 7.26. The van der Waals surface area contributed by atoms with Crippen molar-refractivity contribution in [1.29, 1.82) is 0 Å². The maximum Gasteiger partial charge on any atom is 0.248 e. The van der Waals surface area contributed by atoms with Crippen molar-refractivity contribution in [3.05, 3.63) is 35.4 Å². The van der Waals surface area contributed by atoms with E-state index in [0.29, 0.717) is 6.54 Å². The molecule has 0 saturated carbocycles. The minimum atomic E-state index is -0.106. The zero-order valence-electron chi connectivity index (χ0n) is 14.6. The van der Waals surface area contributed by atoms with E-state index in [1.807, 2.05) is 24.3 Å². The van der Waals surface area contributed by atoms with Crippen LogP contribution in [0.1, 0.15) is 49.5 Å². The number of amides is 1. The summed E-state index contributed by atoms with van der Waals surface area (Å²) < 4.78 is 4.91. The molecule has 23 heavy (non-hydrogen) atoms. The van der Waals surface area contributed by atoms with Gasteiger partial charge < -0.3 is 9.64 Å². The van der Waals surface area contributed by atoms with Crippen molar-refractivity contribution < 1.29 is 14.3 Å². The quantitative estimate of drug-likeness (QED) is 0.802. The number of rotatable bonds is 4. The number of likely N-dealkylation sites (tertiary alicyclic amines) is 1. The van der Waals surface area contributed by atoms with Crippen molar-refractivity contribution in [2.45, 2.75) is 39.0 Å². The molecule has 1 heterocycles. The number of methoxy groups -OCH3 is 1. The summed E-state index contributed by atoms with van der Waals surface area (Å²) in [5.74, 6) is -0.00139. The van der Waals surface area contributed by atoms with Gasteiger partial charge in [-0.2, -0.15) is 0 Å². The van der Waals surface area contributed by atoms with Crippen LogP contribution in [0, 0.1) is 5.92 Å². The minimum absolute atomic E-state index is 0.0342. The molecule has 0 N–H and O–H groups in total. The van der Waals surface area contributed by atoms with Crippen LogP contribution in [-0.4, -0.2) is 43.4 Å². The lowest BCUT2D eigenvalue weighted by Gasteiger charge is -2.32. The van der Waals surface area contributed by atoms with E-state index in [0.717, 1.165) is 24.9 Å². The van der Waals surface area contributed by atoms with Gasteiger partial charge >= 0.3 is 0 Å². The SMILES string of the molecule is COCC(=O)N1CCC[C@@H](C(=O)c2ccc(C(C)(C)C)cc2)C1. The molecule has 0 unspecified atom stereocenters. The number of Topliss-reactive ketones (excluding diaryl/α,β-unsaturated/α-hetero) is 1. The standard InChI is InChI=1S/C19H27NO3/c1-19(2,3)16-9-7-14(8-10-16)18(22)15-6-5-11-20(12-15)17(21)13-23-4/h7-10,15H,5-6,11-13H2,1-4H3/t15-/m1/s1. The molecule has 1 aliphatic heterocycles. The molecular formula is C19H27NO3. The van der Waals surface area contributed by atoms with Crippen LogP contribution >= 0.6 is 0 Å². The van der Waals surface area contributed by atoms with Gasteiger partial charge in [0.1, 0.15) is 6.61 Å². The van der Waals surface area contributed by atoms with Crippen molar-refractivity contribution in [2.24, 2.45) is 5.92 Å². The van der Waals surface area contributed by atoms with E-state index in [1.165, 1.54) is 12.7 Å². The molecule has 126 valence electrons. The number of carbonyl (C=O) groups excluding carboxylic acids is 2. The molecule has 1 atom stereocenters. The summed E-state index contributed by atoms with van der Waals surface area (Å²) in [5, 5.41) is 0. The first-order chi connectivity index (χ1) is 10.8. The van der Waals surface area contributed by atoms with E-state index in [9.17, 15) is 9.59 Å². The molecule has 4 nitrogen and oxygen atoms in total. The van der Waals surface area contributed by atoms with Crippen molar-refractivity contribution in [1.82, 2.24) is 4.90 Å². The molecule has 1 aromatic rings. The van der Waals surface area contributed by atoms with Crippen molar-refractivity contribution in [2.75, 3.05) is 26.8 Å². The van der Waals surface area contributed by atoms with Gasteiger partial charge in [0.25, 0.3) is 0 Å². The average molecular weight is 317 g/mol. The second-order valence-electron chi connectivity index (χ2n) is 7.30. The van der Waals surface area contributed by atoms with Gasteiger partial charge in [-0.3, -0.25) is 9.59 Å². The number of ether oxygens (including phenoxy) is 1. The molecular weight excluding hydrogens is 290 g/mol. The van der Waals surface area contributed by atoms with E-state index in [2.05, 4.69) is 20.8 Å². The summed E-state index contributed by atoms with van der Waals surface area (Å²) >= 11 is 0. The number of piperidine rings is 1. The van der Waals surface area contributed by atoms with Crippen molar-refractivity contribution >= 4 is 11.7 Å². The van der Waals surface area contributed by atoms with Gasteiger partial charge in [0.2, 0.25) is 5.91 Å². The third kappa shape index (κ3) is 4.41. The predicted molar refractivity (Wildman–Crippen MR) is 90.7 cm³/mol. The molecule has 1 amide bonds. The van der Waals surface area contributed by atoms with Gasteiger partial charge in [-0.25, -0.2) is 0 Å². The Hall–Kier alpha value is -1.68. The summed E-state index contributed by atoms with van der Waals surface area (Å²) in [4.78, 5) is 26.4. The summed E-state index contributed by atoms with van der Waals surface area (Å²) in [7, 11) is 1.52. The van der Waals surface area contributed by atoms with Crippen LogP contribution in [0.4, 0.5) is 0 Å². The van der Waals surface area contributed by atoms with E-state index in [4.69, 9.17) is 4.74 Å². The smallest absolute Gasteiger partial charge is 0.248 e. The Balaban J connectivity index is 2.06. The molecule has 1 saturated heterocycles. The van der Waals surface area contributed by atoms with E-state index >= 15 is 0 Å². The minimum Gasteiger partial charge on any atom is -0.375 e. The van der Waals surface area contributed by atoms with E-state index in [1.54, 1.807) is 4.90 Å². The molecule has 1 aliphatic rings. The lowest BCUT2D eigenvalue weighted by molar-refractivity contribution is -0.136. The zero-order valence-corrected chi connectivity index (χ0v) is 14.6. The Labute approximate surface area is 138 Å². The fourth-order valence-corrected chi connectivity index (χ4v) is 3.00. The van der Waals surface area contributed by atoms with Crippen LogP contribution in [0.2, 0.25) is 0 Å². The third-order valence-corrected chi connectivity index (χ3v) is 4.45. The van der Waals surface area contributed by atoms with E-state index in [-0.39, 0.29) is 29.6 Å². The number of hydrogen-bond donors (Lipinski definition) is 0. The molecule has 4 heteroatoms. The lowest BCUT2D eigenvalue weighted by Crippen LogP contribution is -2.43. The number of hydrogen-bond acceptors (Lipinski definition) is 3. The van der Waals surface area contributed by atoms with Gasteiger partial charge in [0.05, 0.1) is 0 Å². The first-order valence-electron chi connectivity index (χ1n) is 8.24. The van der Waals surface area contributed by atoms with Crippen LogP contribution in [0.25, 0.3) is 0 Å². The highest BCUT2D eigenvalue weighted by molar-refractivity contribution is 5.98. The van der Waals surface area contributed by atoms with E-state index < -0.39 is 0 Å². The highest BCUT2D eigenvalue weighted by atomic mass is 16.5. The maximum absolute atomic E-state index is 12.7. The van der Waals surface area contributed by atoms with Crippen LogP contribution in [0.3, 0.4) is 0 Å². The first kappa shape index (κ1) is 17.7. The zero-order chi connectivity index (χ0) is 17.0. The number of carbonyl (C=O) groups is 2. The van der Waals surface area contributed by atoms with Crippen molar-refractivity contribution in [3.8, 4) is 0 Å². The van der Waals surface area contributed by atoms with Crippen molar-refractivity contribution in [3.63, 3.8) is 0 Å². The normalized spacial score (nSPS) is 18.8. The molecule has 0 spiro atoms. The Bertz CT molecular complexity index is 557. The molecule has 2 rings (SSSR count). The molecule has 0 aromatic heterocycles. The topological polar surface area (TPSA) is 46.6 Å². The first-order valence-corrected chi connectivity index (χ1v) is 8.24. The summed E-state index contributed by atoms with van der Waals surface area (Å²) in [6, 6.07) is 7.89. The van der Waals surface area contributed by atoms with Gasteiger partial charge in [0.15, 0.2) is 5.78 Å². The highest BCUT2D eigenvalue weighted by Crippen LogP contribution is 2.25. The highest BCUT2D eigenvalue weighted by Gasteiger charge is 2.29. The van der Waals surface area contributed by atoms with Gasteiger partial charge in [0, 0.05) is 31.7 Å². The molecule has 0 aliphatic carbocycles. The monoisotopic (exact) mass is 317 g/mol. The lowest BCUT2D eigenvalue weighted by atomic mass is 9.85. The van der Waals surface area contributed by atoms with Gasteiger partial charge in [-0.15, -0.1) is 0 Å². The number of benzene rings is 1. The van der Waals surface area contributed by atoms with Gasteiger partial charge in [-0.1, -0.05) is 45.0 Å². The fraction of sp³-hybridized carbons (Fsp3) is 0.579. The number of nitrogens with zero attached hydrogens (tertiary/aromatic N) is 1. The Kier molecular flexibility index (Phi) is 5.58.